The topological polar surface area (TPSA) is 95.7 Å². The molecule has 0 fully saturated rings. The van der Waals surface area contributed by atoms with Crippen molar-refractivity contribution in [1.82, 2.24) is 0 Å². The van der Waals surface area contributed by atoms with Crippen molar-refractivity contribution in [1.29, 1.82) is 0 Å². The largest absolute Gasteiger partial charge is 0.465 e. The van der Waals surface area contributed by atoms with Crippen LogP contribution in [0.2, 0.25) is 0 Å². The van der Waals surface area contributed by atoms with Crippen LogP contribution >= 0.6 is 0 Å². The summed E-state index contributed by atoms with van der Waals surface area (Å²) >= 11 is 0. The van der Waals surface area contributed by atoms with E-state index in [0.29, 0.717) is 6.07 Å². The van der Waals surface area contributed by atoms with Gasteiger partial charge in [-0.15, -0.1) is 0 Å². The highest BCUT2D eigenvalue weighted by molar-refractivity contribution is 5.95. The lowest BCUT2D eigenvalue weighted by molar-refractivity contribution is -0.527. The molecule has 7 nitrogen and oxygen atoms in total. The lowest BCUT2D eigenvalue weighted by Gasteiger charge is -2.18. The lowest BCUT2D eigenvalue weighted by Crippen LogP contribution is -2.43. The maximum absolute atomic E-state index is 13.2. The van der Waals surface area contributed by atoms with E-state index in [-0.39, 0.29) is 18.8 Å². The first-order valence-electron chi connectivity index (χ1n) is 7.21. The van der Waals surface area contributed by atoms with Crippen molar-refractivity contribution in [3.63, 3.8) is 0 Å². The van der Waals surface area contributed by atoms with Crippen LogP contribution in [-0.2, 0) is 25.5 Å². The first-order valence-corrected chi connectivity index (χ1v) is 7.21. The van der Waals surface area contributed by atoms with E-state index in [0.717, 1.165) is 12.1 Å². The highest BCUT2D eigenvalue weighted by Gasteiger charge is 2.45. The van der Waals surface area contributed by atoms with Crippen molar-refractivity contribution in [2.24, 2.45) is 5.92 Å². The van der Waals surface area contributed by atoms with E-state index in [1.54, 1.807) is 0 Å². The fraction of sp³-hybridized carbons (Fsp3) is 0.467. The Morgan fingerprint density at radius 2 is 1.54 bits per heavy atom. The summed E-state index contributed by atoms with van der Waals surface area (Å²) in [6.45, 7) is 2.77. The minimum atomic E-state index is -1.83. The maximum Gasteiger partial charge on any atom is 0.327 e. The quantitative estimate of drug-likeness (QED) is 0.309. The van der Waals surface area contributed by atoms with Gasteiger partial charge in [0.15, 0.2) is 0 Å². The molecule has 0 saturated heterocycles. The number of ether oxygens (including phenoxy) is 2. The highest BCUT2D eigenvalue weighted by Crippen LogP contribution is 2.19. The molecule has 0 aromatic heterocycles. The molecule has 0 aliphatic carbocycles. The SMILES string of the molecule is CCOC(=O)C(C(=O)OCC)[C@@H](Cc1cc(F)cc(F)c1)[N+](=O)[O-]. The lowest BCUT2D eigenvalue weighted by atomic mass is 9.93. The summed E-state index contributed by atoms with van der Waals surface area (Å²) in [6, 6.07) is 0.628. The Hall–Kier alpha value is -2.58. The minimum Gasteiger partial charge on any atom is -0.465 e. The van der Waals surface area contributed by atoms with E-state index in [1.807, 2.05) is 0 Å². The molecule has 1 aromatic rings. The van der Waals surface area contributed by atoms with Gasteiger partial charge in [0.05, 0.1) is 13.2 Å². The van der Waals surface area contributed by atoms with Gasteiger partial charge >= 0.3 is 11.9 Å². The third-order valence-corrected chi connectivity index (χ3v) is 3.10. The first-order chi connectivity index (χ1) is 11.3. The molecule has 24 heavy (non-hydrogen) atoms. The third-order valence-electron chi connectivity index (χ3n) is 3.10. The van der Waals surface area contributed by atoms with Gasteiger partial charge in [-0.25, -0.2) is 8.78 Å². The van der Waals surface area contributed by atoms with Crippen molar-refractivity contribution in [3.05, 3.63) is 45.5 Å². The second-order valence-electron chi connectivity index (χ2n) is 4.82. The summed E-state index contributed by atoms with van der Waals surface area (Å²) in [6.07, 6.45) is -0.538. The van der Waals surface area contributed by atoms with E-state index in [2.05, 4.69) is 0 Å². The van der Waals surface area contributed by atoms with Gasteiger partial charge in [-0.1, -0.05) is 0 Å². The number of nitro groups is 1. The summed E-state index contributed by atoms with van der Waals surface area (Å²) in [5, 5.41) is 11.3. The van der Waals surface area contributed by atoms with E-state index in [9.17, 15) is 28.5 Å². The number of rotatable bonds is 8. The Labute approximate surface area is 136 Å². The predicted molar refractivity (Wildman–Crippen MR) is 77.6 cm³/mol. The van der Waals surface area contributed by atoms with Crippen molar-refractivity contribution in [2.75, 3.05) is 13.2 Å². The van der Waals surface area contributed by atoms with Crippen LogP contribution < -0.4 is 0 Å². The summed E-state index contributed by atoms with van der Waals surface area (Å²) in [4.78, 5) is 34.4. The van der Waals surface area contributed by atoms with Gasteiger partial charge < -0.3 is 9.47 Å². The van der Waals surface area contributed by atoms with Gasteiger partial charge in [0.25, 0.3) is 0 Å². The average Bonchev–Trinajstić information content (AvgIpc) is 2.46. The minimum absolute atomic E-state index is 0.0622. The maximum atomic E-state index is 13.2. The van der Waals surface area contributed by atoms with Gasteiger partial charge in [-0.2, -0.15) is 0 Å². The van der Waals surface area contributed by atoms with E-state index in [4.69, 9.17) is 9.47 Å². The fourth-order valence-electron chi connectivity index (χ4n) is 2.16. The molecule has 1 aromatic carbocycles. The van der Waals surface area contributed by atoms with Crippen LogP contribution in [0.5, 0.6) is 0 Å². The molecule has 0 radical (unpaired) electrons. The number of carbonyl (C=O) groups excluding carboxylic acids is 2. The Bertz CT molecular complexity index is 584. The monoisotopic (exact) mass is 345 g/mol. The summed E-state index contributed by atoms with van der Waals surface area (Å²) in [5.41, 5.74) is -0.0622. The number of benzene rings is 1. The van der Waals surface area contributed by atoms with Crippen molar-refractivity contribution in [3.8, 4) is 0 Å². The molecule has 0 amide bonds. The number of carbonyl (C=O) groups is 2. The molecule has 1 rings (SSSR count). The number of nitrogens with zero attached hydrogens (tertiary/aromatic N) is 1. The molecule has 0 aliphatic rings. The Morgan fingerprint density at radius 3 is 1.92 bits per heavy atom. The molecular formula is C15H17F2NO6. The van der Waals surface area contributed by atoms with Crippen LogP contribution in [0.25, 0.3) is 0 Å². The zero-order valence-corrected chi connectivity index (χ0v) is 13.2. The Morgan fingerprint density at radius 1 is 1.08 bits per heavy atom. The summed E-state index contributed by atoms with van der Waals surface area (Å²) < 4.78 is 35.9. The van der Waals surface area contributed by atoms with Gasteiger partial charge in [-0.3, -0.25) is 19.7 Å². The van der Waals surface area contributed by atoms with Crippen molar-refractivity contribution >= 4 is 11.9 Å². The van der Waals surface area contributed by atoms with Gasteiger partial charge in [0, 0.05) is 17.4 Å². The van der Waals surface area contributed by atoms with Crippen LogP contribution in [0.4, 0.5) is 8.78 Å². The number of esters is 2. The van der Waals surface area contributed by atoms with Crippen LogP contribution in [0.15, 0.2) is 18.2 Å². The third kappa shape index (κ3) is 5.25. The molecule has 0 heterocycles. The van der Waals surface area contributed by atoms with Crippen LogP contribution in [-0.4, -0.2) is 36.1 Å². The van der Waals surface area contributed by atoms with E-state index < -0.39 is 46.9 Å². The van der Waals surface area contributed by atoms with Gasteiger partial charge in [0.1, 0.15) is 11.6 Å². The number of hydrogen-bond acceptors (Lipinski definition) is 6. The second-order valence-corrected chi connectivity index (χ2v) is 4.82. The van der Waals surface area contributed by atoms with Crippen LogP contribution in [0.1, 0.15) is 19.4 Å². The smallest absolute Gasteiger partial charge is 0.327 e. The molecular weight excluding hydrogens is 328 g/mol. The standard InChI is InChI=1S/C15H17F2NO6/c1-3-23-14(19)13(15(20)24-4-2)12(18(21)22)7-9-5-10(16)8-11(17)6-9/h5-6,8,12-13H,3-4,7H2,1-2H3/t12-/m1/s1. The van der Waals surface area contributed by atoms with Crippen molar-refractivity contribution in [2.45, 2.75) is 26.3 Å². The molecule has 0 aliphatic heterocycles. The Balaban J connectivity index is 3.17. The average molecular weight is 345 g/mol. The number of hydrogen-bond donors (Lipinski definition) is 0. The summed E-state index contributed by atoms with van der Waals surface area (Å²) in [5.74, 6) is -5.90. The van der Waals surface area contributed by atoms with Gasteiger partial charge in [-0.05, 0) is 31.5 Å². The highest BCUT2D eigenvalue weighted by atomic mass is 19.1. The van der Waals surface area contributed by atoms with Crippen LogP contribution in [0.3, 0.4) is 0 Å². The summed E-state index contributed by atoms with van der Waals surface area (Å²) in [7, 11) is 0. The molecule has 0 spiro atoms. The predicted octanol–water partition coefficient (Wildman–Crippen LogP) is 1.89. The fourth-order valence-corrected chi connectivity index (χ4v) is 2.16. The Kier molecular flexibility index (Phi) is 7.22. The first kappa shape index (κ1) is 19.5. The van der Waals surface area contributed by atoms with Crippen LogP contribution in [0, 0.1) is 27.7 Å². The molecule has 0 unspecified atom stereocenters. The zero-order chi connectivity index (χ0) is 18.3. The molecule has 0 saturated carbocycles. The molecule has 9 heteroatoms. The second kappa shape index (κ2) is 8.90. The van der Waals surface area contributed by atoms with E-state index in [1.165, 1.54) is 13.8 Å². The molecule has 1 atom stereocenters. The molecule has 132 valence electrons. The molecule has 0 N–H and O–H groups in total. The van der Waals surface area contributed by atoms with E-state index >= 15 is 0 Å². The number of halogens is 2. The normalized spacial score (nSPS) is 11.9. The van der Waals surface area contributed by atoms with Gasteiger partial charge in [0.2, 0.25) is 12.0 Å². The van der Waals surface area contributed by atoms with Crippen molar-refractivity contribution < 1.29 is 32.8 Å². The zero-order valence-electron chi connectivity index (χ0n) is 13.2. The molecule has 0 bridgehead atoms.